The minimum atomic E-state index is -0.668. The average Bonchev–Trinajstić information content (AvgIpc) is 3.28. The molecular formula is C50H37ClIN5. The van der Waals surface area contributed by atoms with E-state index in [4.69, 9.17) is 16.7 Å². The summed E-state index contributed by atoms with van der Waals surface area (Å²) in [5, 5.41) is 6.97. The molecule has 0 atom stereocenters. The maximum atomic E-state index is 6.33. The fourth-order valence-electron chi connectivity index (χ4n) is 7.01. The molecule has 0 saturated heterocycles. The van der Waals surface area contributed by atoms with Gasteiger partial charge in [-0.25, -0.2) is 0 Å². The number of fused-ring (bicyclic) bond motifs is 1. The van der Waals surface area contributed by atoms with E-state index in [1.54, 1.807) is 0 Å². The first-order valence-electron chi connectivity index (χ1n) is 18.7. The third kappa shape index (κ3) is 8.02. The quantitative estimate of drug-likeness (QED) is 0.0847. The fraction of sp³-hybridized carbons (Fsp3) is 0. The summed E-state index contributed by atoms with van der Waals surface area (Å²) >= 11 is 5.66. The molecule has 1 aliphatic rings. The third-order valence-corrected chi connectivity index (χ3v) is 12.9. The van der Waals surface area contributed by atoms with Crippen LogP contribution in [0, 0.1) is 0 Å². The second-order valence-corrected chi connectivity index (χ2v) is 16.6. The number of hydrogen-bond donors (Lipinski definition) is 1. The van der Waals surface area contributed by atoms with E-state index < -0.39 is 21.2 Å². The summed E-state index contributed by atoms with van der Waals surface area (Å²) in [5.74, 6) is 0. The Kier molecular flexibility index (Phi) is 10.7. The van der Waals surface area contributed by atoms with E-state index in [1.807, 2.05) is 35.9 Å². The monoisotopic (exact) mass is 869 g/mol. The molecule has 7 aromatic carbocycles. The van der Waals surface area contributed by atoms with Crippen LogP contribution in [0.5, 0.6) is 0 Å². The molecule has 0 unspecified atom stereocenters. The van der Waals surface area contributed by atoms with Crippen molar-refractivity contribution in [1.82, 2.24) is 4.98 Å². The van der Waals surface area contributed by atoms with Crippen LogP contribution < -0.4 is 36.4 Å². The van der Waals surface area contributed by atoms with Crippen molar-refractivity contribution in [3.8, 4) is 0 Å². The second-order valence-electron chi connectivity index (χ2n) is 13.4. The topological polar surface area (TPSA) is 48.3 Å². The van der Waals surface area contributed by atoms with Gasteiger partial charge in [-0.2, -0.15) is 0 Å². The SMILES string of the molecule is Clc1ccc2c([NH2+]N=C3[I-]C(c4ccc(N(c5ccccc5)c5ccccc5)cc4)=CC=C3c3ccc(N(c4ccccc4)c4ccccc4)cc3)ccnc2c1. The van der Waals surface area contributed by atoms with E-state index in [-0.39, 0.29) is 0 Å². The molecule has 276 valence electrons. The molecule has 0 bridgehead atoms. The first-order valence-corrected chi connectivity index (χ1v) is 21.3. The number of hydrogen-bond acceptors (Lipinski definition) is 4. The Bertz CT molecular complexity index is 2640. The number of rotatable bonds is 10. The number of para-hydroxylation sites is 4. The third-order valence-electron chi connectivity index (χ3n) is 9.76. The van der Waals surface area contributed by atoms with Crippen LogP contribution in [0.2, 0.25) is 5.02 Å². The Labute approximate surface area is 348 Å². The number of pyridine rings is 1. The summed E-state index contributed by atoms with van der Waals surface area (Å²) in [4.78, 5) is 9.14. The van der Waals surface area contributed by atoms with Crippen LogP contribution in [-0.2, 0) is 0 Å². The van der Waals surface area contributed by atoms with Gasteiger partial charge in [0.15, 0.2) is 0 Å². The van der Waals surface area contributed by atoms with E-state index >= 15 is 0 Å². The van der Waals surface area contributed by atoms with Crippen LogP contribution in [0.1, 0.15) is 11.1 Å². The van der Waals surface area contributed by atoms with E-state index in [1.165, 1.54) is 9.14 Å². The van der Waals surface area contributed by atoms with Gasteiger partial charge in [0.2, 0.25) is 0 Å². The first kappa shape index (κ1) is 36.3. The molecule has 2 heterocycles. The van der Waals surface area contributed by atoms with Gasteiger partial charge in [0, 0.05) is 0 Å². The van der Waals surface area contributed by atoms with Crippen molar-refractivity contribution in [1.29, 1.82) is 0 Å². The molecule has 2 N–H and O–H groups in total. The number of quaternary nitrogens is 1. The van der Waals surface area contributed by atoms with Gasteiger partial charge in [0.1, 0.15) is 0 Å². The van der Waals surface area contributed by atoms with Crippen molar-refractivity contribution < 1.29 is 26.6 Å². The van der Waals surface area contributed by atoms with Crippen LogP contribution in [0.4, 0.5) is 39.8 Å². The molecule has 5 nitrogen and oxygen atoms in total. The maximum absolute atomic E-state index is 6.33. The van der Waals surface area contributed by atoms with E-state index in [0.29, 0.717) is 5.02 Å². The summed E-state index contributed by atoms with van der Waals surface area (Å²) in [5.41, 5.74) is 14.0. The summed E-state index contributed by atoms with van der Waals surface area (Å²) in [6.45, 7) is 0. The molecule has 0 radical (unpaired) electrons. The summed E-state index contributed by atoms with van der Waals surface area (Å²) in [6, 6.07) is 67.7. The zero-order chi connectivity index (χ0) is 38.4. The Morgan fingerprint density at radius 2 is 0.965 bits per heavy atom. The Morgan fingerprint density at radius 3 is 1.47 bits per heavy atom. The first-order chi connectivity index (χ1) is 28.2. The molecule has 9 rings (SSSR count). The molecule has 7 heteroatoms. The van der Waals surface area contributed by atoms with Gasteiger partial charge in [-0.1, -0.05) is 0 Å². The van der Waals surface area contributed by atoms with Gasteiger partial charge in [-0.3, -0.25) is 0 Å². The molecular weight excluding hydrogens is 833 g/mol. The zero-order valence-corrected chi connectivity index (χ0v) is 33.7. The molecule has 0 saturated carbocycles. The van der Waals surface area contributed by atoms with Crippen LogP contribution in [-0.4, -0.2) is 8.70 Å². The van der Waals surface area contributed by atoms with Crippen molar-refractivity contribution in [3.05, 3.63) is 229 Å². The molecule has 0 spiro atoms. The predicted molar refractivity (Wildman–Crippen MR) is 234 cm³/mol. The summed E-state index contributed by atoms with van der Waals surface area (Å²) < 4.78 is 2.41. The number of halogens is 2. The number of nitrogens with two attached hydrogens (primary N) is 1. The molecule has 0 amide bonds. The number of aromatic nitrogens is 1. The average molecular weight is 870 g/mol. The van der Waals surface area contributed by atoms with Crippen molar-refractivity contribution in [2.45, 2.75) is 0 Å². The van der Waals surface area contributed by atoms with Crippen molar-refractivity contribution in [2.24, 2.45) is 5.10 Å². The van der Waals surface area contributed by atoms with E-state index in [0.717, 1.165) is 65.6 Å². The number of allylic oxidation sites excluding steroid dienone is 3. The Morgan fingerprint density at radius 1 is 0.491 bits per heavy atom. The van der Waals surface area contributed by atoms with E-state index in [9.17, 15) is 0 Å². The van der Waals surface area contributed by atoms with Gasteiger partial charge in [-0.05, 0) is 0 Å². The second kappa shape index (κ2) is 16.8. The fourth-order valence-corrected chi connectivity index (χ4v) is 9.82. The van der Waals surface area contributed by atoms with Gasteiger partial charge < -0.3 is 0 Å². The van der Waals surface area contributed by atoms with Gasteiger partial charge in [0.25, 0.3) is 0 Å². The number of benzene rings is 7. The molecule has 0 aliphatic carbocycles. The van der Waals surface area contributed by atoms with Gasteiger partial charge >= 0.3 is 350 Å². The van der Waals surface area contributed by atoms with E-state index in [2.05, 4.69) is 197 Å². The molecule has 57 heavy (non-hydrogen) atoms. The van der Waals surface area contributed by atoms with Gasteiger partial charge in [0.05, 0.1) is 0 Å². The Balaban J connectivity index is 1.07. The predicted octanol–water partition coefficient (Wildman–Crippen LogP) is 9.56. The molecule has 1 aliphatic heterocycles. The molecule has 8 aromatic rings. The van der Waals surface area contributed by atoms with Crippen LogP contribution in [0.3, 0.4) is 0 Å². The standard InChI is InChI=1S/C50H36ClIN5/c51-38-25-30-46-48(33-34-53-49(46)35-38)54-55-50-45(36-21-26-43(27-22-36)56(39-13-5-1-6-14-39)40-15-7-2-8-16-40)31-32-47(52-50)37-23-28-44(29-24-37)57(41-17-9-3-10-18-41)42-19-11-4-12-20-42/h1-35H,(H,53,54)/q-1/p+1. The van der Waals surface area contributed by atoms with Crippen molar-refractivity contribution in [3.63, 3.8) is 0 Å². The number of nitrogens with zero attached hydrogens (tertiary/aromatic N) is 4. The molecule has 1 aromatic heterocycles. The summed E-state index contributed by atoms with van der Waals surface area (Å²) in [6.07, 6.45) is 6.36. The number of anilines is 6. The van der Waals surface area contributed by atoms with Crippen LogP contribution >= 0.6 is 11.6 Å². The Hall–Kier alpha value is -6.32. The van der Waals surface area contributed by atoms with Crippen molar-refractivity contribution >= 4 is 75.2 Å². The van der Waals surface area contributed by atoms with Crippen molar-refractivity contribution in [2.75, 3.05) is 9.80 Å². The zero-order valence-electron chi connectivity index (χ0n) is 30.8. The van der Waals surface area contributed by atoms with Crippen LogP contribution in [0.25, 0.3) is 20.1 Å². The molecule has 0 fully saturated rings. The van der Waals surface area contributed by atoms with Gasteiger partial charge in [-0.15, -0.1) is 0 Å². The minimum absolute atomic E-state index is 0.667. The normalized spacial score (nSPS) is 13.4. The summed E-state index contributed by atoms with van der Waals surface area (Å²) in [7, 11) is 0. The van der Waals surface area contributed by atoms with Crippen LogP contribution in [0.15, 0.2) is 218 Å².